The molecular formula is C20H26N2O3. The van der Waals surface area contributed by atoms with Crippen molar-refractivity contribution >= 4 is 11.6 Å². The third kappa shape index (κ3) is 6.47. The Labute approximate surface area is 149 Å². The highest BCUT2D eigenvalue weighted by Gasteiger charge is 2.05. The van der Waals surface area contributed by atoms with Gasteiger partial charge in [-0.15, -0.1) is 0 Å². The number of hydrogen-bond donors (Lipinski definition) is 2. The predicted molar refractivity (Wildman–Crippen MR) is 100 cm³/mol. The van der Waals surface area contributed by atoms with Crippen LogP contribution in [0.3, 0.4) is 0 Å². The normalized spacial score (nSPS) is 11.6. The van der Waals surface area contributed by atoms with E-state index in [0.717, 1.165) is 29.2 Å². The molecule has 0 aliphatic rings. The summed E-state index contributed by atoms with van der Waals surface area (Å²) in [6.07, 6.45) is 1.09. The number of rotatable bonds is 9. The molecule has 1 unspecified atom stereocenters. The number of benzene rings is 2. The molecule has 0 aliphatic carbocycles. The molecule has 134 valence electrons. The van der Waals surface area contributed by atoms with Gasteiger partial charge in [-0.25, -0.2) is 0 Å². The van der Waals surface area contributed by atoms with Gasteiger partial charge in [0.1, 0.15) is 11.5 Å². The molecule has 2 rings (SSSR count). The molecular weight excluding hydrogens is 316 g/mol. The number of carbonyl (C=O) groups is 1. The Bertz CT molecular complexity index is 671. The second-order valence-electron chi connectivity index (χ2n) is 5.86. The van der Waals surface area contributed by atoms with Gasteiger partial charge in [-0.05, 0) is 43.2 Å². The van der Waals surface area contributed by atoms with Crippen LogP contribution in [-0.2, 0) is 11.3 Å². The molecule has 5 heteroatoms. The third-order valence-corrected chi connectivity index (χ3v) is 3.80. The minimum absolute atomic E-state index is 0.0887. The Morgan fingerprint density at radius 1 is 1.12 bits per heavy atom. The van der Waals surface area contributed by atoms with Gasteiger partial charge in [-0.1, -0.05) is 25.1 Å². The Hall–Kier alpha value is -2.53. The van der Waals surface area contributed by atoms with Crippen molar-refractivity contribution in [2.24, 2.45) is 0 Å². The van der Waals surface area contributed by atoms with E-state index in [1.165, 1.54) is 0 Å². The first-order valence-corrected chi connectivity index (χ1v) is 8.51. The van der Waals surface area contributed by atoms with E-state index in [0.29, 0.717) is 6.54 Å². The number of ether oxygens (including phenoxy) is 2. The topological polar surface area (TPSA) is 59.6 Å². The van der Waals surface area contributed by atoms with Crippen LogP contribution in [0.2, 0.25) is 0 Å². The monoisotopic (exact) mass is 342 g/mol. The summed E-state index contributed by atoms with van der Waals surface area (Å²) in [6.45, 7) is 4.95. The van der Waals surface area contributed by atoms with Gasteiger partial charge in [-0.2, -0.15) is 0 Å². The molecule has 0 fully saturated rings. The van der Waals surface area contributed by atoms with E-state index < -0.39 is 0 Å². The lowest BCUT2D eigenvalue weighted by atomic mass is 10.2. The van der Waals surface area contributed by atoms with Crippen LogP contribution in [0.1, 0.15) is 25.8 Å². The van der Waals surface area contributed by atoms with Crippen molar-refractivity contribution in [2.45, 2.75) is 32.9 Å². The van der Waals surface area contributed by atoms with Crippen molar-refractivity contribution in [3.8, 4) is 11.5 Å². The first kappa shape index (κ1) is 18.8. The van der Waals surface area contributed by atoms with Crippen molar-refractivity contribution in [1.82, 2.24) is 5.32 Å². The highest BCUT2D eigenvalue weighted by molar-refractivity contribution is 5.92. The maximum atomic E-state index is 12.1. The summed E-state index contributed by atoms with van der Waals surface area (Å²) < 4.78 is 10.9. The highest BCUT2D eigenvalue weighted by atomic mass is 16.5. The molecule has 2 aromatic rings. The highest BCUT2D eigenvalue weighted by Crippen LogP contribution is 2.19. The zero-order chi connectivity index (χ0) is 18.1. The molecule has 5 nitrogen and oxygen atoms in total. The van der Waals surface area contributed by atoms with Gasteiger partial charge >= 0.3 is 0 Å². The summed E-state index contributed by atoms with van der Waals surface area (Å²) >= 11 is 0. The van der Waals surface area contributed by atoms with E-state index in [4.69, 9.17) is 9.47 Å². The zero-order valence-corrected chi connectivity index (χ0v) is 15.0. The Kier molecular flexibility index (Phi) is 7.29. The van der Waals surface area contributed by atoms with Gasteiger partial charge in [-0.3, -0.25) is 4.79 Å². The summed E-state index contributed by atoms with van der Waals surface area (Å²) in [5.41, 5.74) is 1.83. The molecule has 0 heterocycles. The molecule has 0 radical (unpaired) electrons. The molecule has 2 aromatic carbocycles. The van der Waals surface area contributed by atoms with Gasteiger partial charge in [0.15, 0.2) is 0 Å². The molecule has 1 atom stereocenters. The lowest BCUT2D eigenvalue weighted by Gasteiger charge is -2.13. The Morgan fingerprint density at radius 2 is 1.88 bits per heavy atom. The van der Waals surface area contributed by atoms with Crippen molar-refractivity contribution in [3.63, 3.8) is 0 Å². The van der Waals surface area contributed by atoms with Crippen LogP contribution in [-0.4, -0.2) is 25.7 Å². The third-order valence-electron chi connectivity index (χ3n) is 3.80. The lowest BCUT2D eigenvalue weighted by Crippen LogP contribution is -2.27. The van der Waals surface area contributed by atoms with E-state index in [-0.39, 0.29) is 18.6 Å². The van der Waals surface area contributed by atoms with Gasteiger partial charge in [0.2, 0.25) is 5.91 Å². The zero-order valence-electron chi connectivity index (χ0n) is 15.0. The smallest absolute Gasteiger partial charge is 0.238 e. The predicted octanol–water partition coefficient (Wildman–Crippen LogP) is 3.60. The van der Waals surface area contributed by atoms with Crippen molar-refractivity contribution < 1.29 is 14.3 Å². The fraction of sp³-hybridized carbons (Fsp3) is 0.350. The minimum Gasteiger partial charge on any atom is -0.497 e. The van der Waals surface area contributed by atoms with Crippen LogP contribution in [0, 0.1) is 0 Å². The largest absolute Gasteiger partial charge is 0.497 e. The van der Waals surface area contributed by atoms with E-state index in [2.05, 4.69) is 17.6 Å². The van der Waals surface area contributed by atoms with Crippen LogP contribution in [0.15, 0.2) is 48.5 Å². The van der Waals surface area contributed by atoms with Crippen molar-refractivity contribution in [2.75, 3.05) is 19.0 Å². The van der Waals surface area contributed by atoms with Gasteiger partial charge in [0, 0.05) is 18.3 Å². The molecule has 25 heavy (non-hydrogen) atoms. The second kappa shape index (κ2) is 9.69. The Balaban J connectivity index is 1.78. The van der Waals surface area contributed by atoms with Gasteiger partial charge in [0.25, 0.3) is 0 Å². The summed E-state index contributed by atoms with van der Waals surface area (Å²) in [4.78, 5) is 12.1. The van der Waals surface area contributed by atoms with E-state index in [1.54, 1.807) is 7.11 Å². The second-order valence-corrected chi connectivity index (χ2v) is 5.86. The number of methoxy groups -OCH3 is 1. The average molecular weight is 342 g/mol. The van der Waals surface area contributed by atoms with Crippen molar-refractivity contribution in [3.05, 3.63) is 54.1 Å². The summed E-state index contributed by atoms with van der Waals surface area (Å²) in [5, 5.41) is 6.01. The standard InChI is InChI=1S/C20H26N2O3/c1-4-15(2)25-19-7-5-6-17(12-19)22-20(23)14-21-13-16-8-10-18(24-3)11-9-16/h5-12,15,21H,4,13-14H2,1-3H3,(H,22,23). The maximum Gasteiger partial charge on any atom is 0.238 e. The number of anilines is 1. The van der Waals surface area contributed by atoms with Crippen LogP contribution in [0.25, 0.3) is 0 Å². The molecule has 0 aromatic heterocycles. The molecule has 0 bridgehead atoms. The van der Waals surface area contributed by atoms with E-state index >= 15 is 0 Å². The molecule has 0 saturated carbocycles. The number of hydrogen-bond acceptors (Lipinski definition) is 4. The first-order chi connectivity index (χ1) is 12.1. The summed E-state index contributed by atoms with van der Waals surface area (Å²) in [7, 11) is 1.64. The average Bonchev–Trinajstić information content (AvgIpc) is 2.62. The minimum atomic E-state index is -0.0887. The van der Waals surface area contributed by atoms with E-state index in [9.17, 15) is 4.79 Å². The van der Waals surface area contributed by atoms with Crippen molar-refractivity contribution in [1.29, 1.82) is 0 Å². The summed E-state index contributed by atoms with van der Waals surface area (Å²) in [5.74, 6) is 1.49. The molecule has 0 spiro atoms. The molecule has 0 aliphatic heterocycles. The number of amides is 1. The van der Waals surface area contributed by atoms with Gasteiger partial charge < -0.3 is 20.1 Å². The maximum absolute atomic E-state index is 12.1. The quantitative estimate of drug-likeness (QED) is 0.731. The lowest BCUT2D eigenvalue weighted by molar-refractivity contribution is -0.115. The molecule has 1 amide bonds. The van der Waals surface area contributed by atoms with Crippen LogP contribution in [0.5, 0.6) is 11.5 Å². The van der Waals surface area contributed by atoms with Gasteiger partial charge in [0.05, 0.1) is 19.8 Å². The fourth-order valence-corrected chi connectivity index (χ4v) is 2.23. The number of carbonyl (C=O) groups excluding carboxylic acids is 1. The van der Waals surface area contributed by atoms with Crippen LogP contribution >= 0.6 is 0 Å². The fourth-order valence-electron chi connectivity index (χ4n) is 2.23. The first-order valence-electron chi connectivity index (χ1n) is 8.51. The van der Waals surface area contributed by atoms with Crippen LogP contribution < -0.4 is 20.1 Å². The van der Waals surface area contributed by atoms with Crippen LogP contribution in [0.4, 0.5) is 5.69 Å². The SMILES string of the molecule is CCC(C)Oc1cccc(NC(=O)CNCc2ccc(OC)cc2)c1. The summed E-state index contributed by atoms with van der Waals surface area (Å²) in [6, 6.07) is 15.2. The molecule has 2 N–H and O–H groups in total. The molecule has 0 saturated heterocycles. The Morgan fingerprint density at radius 3 is 2.56 bits per heavy atom. The number of nitrogens with one attached hydrogen (secondary N) is 2. The van der Waals surface area contributed by atoms with E-state index in [1.807, 2.05) is 55.5 Å².